The van der Waals surface area contributed by atoms with E-state index in [9.17, 15) is 0 Å². The third-order valence-electron chi connectivity index (χ3n) is 4.09. The van der Waals surface area contributed by atoms with Gasteiger partial charge in [-0.25, -0.2) is 0 Å². The van der Waals surface area contributed by atoms with E-state index in [0.717, 1.165) is 33.6 Å². The Morgan fingerprint density at radius 1 is 1.28 bits per heavy atom. The Kier molecular flexibility index (Phi) is 5.20. The molecule has 3 rings (SSSR count). The van der Waals surface area contributed by atoms with Gasteiger partial charge in [-0.3, -0.25) is 0 Å². The SMILES string of the molecule is COc1ccccc1NC(=S)N[C@@H]1CC(C)(C)Oc2ccc(Br)cc21. The molecule has 6 heteroatoms. The summed E-state index contributed by atoms with van der Waals surface area (Å²) in [5.41, 5.74) is 1.67. The van der Waals surface area contributed by atoms with Crippen LogP contribution < -0.4 is 20.1 Å². The van der Waals surface area contributed by atoms with Crippen LogP contribution in [0.4, 0.5) is 5.69 Å². The summed E-state index contributed by atoms with van der Waals surface area (Å²) in [7, 11) is 1.64. The van der Waals surface area contributed by atoms with Crippen molar-refractivity contribution in [2.75, 3.05) is 12.4 Å². The Labute approximate surface area is 162 Å². The third-order valence-corrected chi connectivity index (χ3v) is 4.80. The molecule has 0 fully saturated rings. The number of fused-ring (bicyclic) bond motifs is 1. The van der Waals surface area contributed by atoms with Gasteiger partial charge in [0.15, 0.2) is 5.11 Å². The summed E-state index contributed by atoms with van der Waals surface area (Å²) >= 11 is 9.07. The number of anilines is 1. The second kappa shape index (κ2) is 7.22. The van der Waals surface area contributed by atoms with Gasteiger partial charge in [0.05, 0.1) is 18.8 Å². The average Bonchev–Trinajstić information content (AvgIpc) is 2.55. The zero-order valence-electron chi connectivity index (χ0n) is 14.4. The van der Waals surface area contributed by atoms with E-state index in [4.69, 9.17) is 21.7 Å². The van der Waals surface area contributed by atoms with E-state index in [1.54, 1.807) is 7.11 Å². The summed E-state index contributed by atoms with van der Waals surface area (Å²) in [5, 5.41) is 7.20. The zero-order valence-corrected chi connectivity index (χ0v) is 16.8. The molecule has 25 heavy (non-hydrogen) atoms. The number of halogens is 1. The maximum atomic E-state index is 6.10. The Morgan fingerprint density at radius 2 is 2.04 bits per heavy atom. The minimum atomic E-state index is -0.265. The van der Waals surface area contributed by atoms with E-state index >= 15 is 0 Å². The van der Waals surface area contributed by atoms with Crippen molar-refractivity contribution < 1.29 is 9.47 Å². The molecule has 1 aliphatic rings. The van der Waals surface area contributed by atoms with Gasteiger partial charge in [0.25, 0.3) is 0 Å². The van der Waals surface area contributed by atoms with Crippen LogP contribution in [0.2, 0.25) is 0 Å². The monoisotopic (exact) mass is 420 g/mol. The summed E-state index contributed by atoms with van der Waals surface area (Å²) in [4.78, 5) is 0. The number of para-hydroxylation sites is 2. The molecular weight excluding hydrogens is 400 g/mol. The fourth-order valence-electron chi connectivity index (χ4n) is 3.02. The van der Waals surface area contributed by atoms with Crippen LogP contribution in [0.1, 0.15) is 31.9 Å². The molecule has 2 aromatic rings. The number of ether oxygens (including phenoxy) is 2. The van der Waals surface area contributed by atoms with Crippen LogP contribution in [-0.2, 0) is 0 Å². The quantitative estimate of drug-likeness (QED) is 0.680. The van der Waals surface area contributed by atoms with E-state index in [2.05, 4.69) is 46.5 Å². The number of benzene rings is 2. The van der Waals surface area contributed by atoms with Crippen LogP contribution in [0, 0.1) is 0 Å². The average molecular weight is 421 g/mol. The van der Waals surface area contributed by atoms with Crippen LogP contribution in [0.25, 0.3) is 0 Å². The molecule has 0 bridgehead atoms. The lowest BCUT2D eigenvalue weighted by Crippen LogP contribution is -2.42. The van der Waals surface area contributed by atoms with Crippen LogP contribution in [0.15, 0.2) is 46.9 Å². The molecule has 4 nitrogen and oxygen atoms in total. The first-order valence-corrected chi connectivity index (χ1v) is 9.27. The summed E-state index contributed by atoms with van der Waals surface area (Å²) in [6.45, 7) is 4.17. The summed E-state index contributed by atoms with van der Waals surface area (Å²) in [6, 6.07) is 13.8. The highest BCUT2D eigenvalue weighted by molar-refractivity contribution is 9.10. The van der Waals surface area contributed by atoms with Crippen LogP contribution in [0.3, 0.4) is 0 Å². The molecule has 0 radical (unpaired) electrons. The number of hydrogen-bond acceptors (Lipinski definition) is 3. The van der Waals surface area contributed by atoms with E-state index < -0.39 is 0 Å². The lowest BCUT2D eigenvalue weighted by molar-refractivity contribution is 0.0696. The van der Waals surface area contributed by atoms with Crippen molar-refractivity contribution in [2.45, 2.75) is 31.9 Å². The number of rotatable bonds is 3. The number of nitrogens with one attached hydrogen (secondary N) is 2. The fraction of sp³-hybridized carbons (Fsp3) is 0.316. The normalized spacial score (nSPS) is 17.8. The summed E-state index contributed by atoms with van der Waals surface area (Å²) in [6.07, 6.45) is 0.810. The highest BCUT2D eigenvalue weighted by atomic mass is 79.9. The van der Waals surface area contributed by atoms with Crippen molar-refractivity contribution in [3.05, 3.63) is 52.5 Å². The third kappa shape index (κ3) is 4.25. The molecule has 1 atom stereocenters. The molecule has 1 aliphatic heterocycles. The molecule has 1 heterocycles. The first kappa shape index (κ1) is 18.0. The lowest BCUT2D eigenvalue weighted by Gasteiger charge is -2.38. The minimum Gasteiger partial charge on any atom is -0.495 e. The zero-order chi connectivity index (χ0) is 18.0. The lowest BCUT2D eigenvalue weighted by atomic mass is 9.90. The highest BCUT2D eigenvalue weighted by Gasteiger charge is 2.34. The van der Waals surface area contributed by atoms with Crippen molar-refractivity contribution in [1.82, 2.24) is 5.32 Å². The molecule has 132 valence electrons. The summed E-state index contributed by atoms with van der Waals surface area (Å²) in [5.74, 6) is 1.64. The fourth-order valence-corrected chi connectivity index (χ4v) is 3.65. The number of methoxy groups -OCH3 is 1. The van der Waals surface area contributed by atoms with Crippen LogP contribution in [0.5, 0.6) is 11.5 Å². The Balaban J connectivity index is 1.80. The molecule has 0 aliphatic carbocycles. The predicted molar refractivity (Wildman–Crippen MR) is 109 cm³/mol. The molecule has 0 amide bonds. The van der Waals surface area contributed by atoms with Gasteiger partial charge >= 0.3 is 0 Å². The van der Waals surface area contributed by atoms with Gasteiger partial charge in [-0.05, 0) is 56.4 Å². The van der Waals surface area contributed by atoms with E-state index in [1.807, 2.05) is 36.4 Å². The van der Waals surface area contributed by atoms with Crippen molar-refractivity contribution in [2.24, 2.45) is 0 Å². The van der Waals surface area contributed by atoms with Crippen molar-refractivity contribution in [3.63, 3.8) is 0 Å². The maximum absolute atomic E-state index is 6.10. The molecule has 0 aromatic heterocycles. The molecule has 0 spiro atoms. The van der Waals surface area contributed by atoms with Gasteiger partial charge in [-0.1, -0.05) is 28.1 Å². The van der Waals surface area contributed by atoms with Gasteiger partial charge in [-0.15, -0.1) is 0 Å². The Hall–Kier alpha value is -1.79. The van der Waals surface area contributed by atoms with Gasteiger partial charge in [0.2, 0.25) is 0 Å². The first-order valence-electron chi connectivity index (χ1n) is 8.07. The van der Waals surface area contributed by atoms with Crippen molar-refractivity contribution in [1.29, 1.82) is 0 Å². The second-order valence-corrected chi connectivity index (χ2v) is 7.92. The van der Waals surface area contributed by atoms with E-state index in [1.165, 1.54) is 0 Å². The maximum Gasteiger partial charge on any atom is 0.171 e. The molecule has 0 saturated heterocycles. The standard InChI is InChI=1S/C19H21BrN2O2S/c1-19(2)11-15(13-10-12(20)8-9-16(13)24-19)22-18(25)21-14-6-4-5-7-17(14)23-3/h4-10,15H,11H2,1-3H3,(H2,21,22,25)/t15-/m1/s1. The molecule has 2 aromatic carbocycles. The largest absolute Gasteiger partial charge is 0.495 e. The van der Waals surface area contributed by atoms with E-state index in [-0.39, 0.29) is 11.6 Å². The van der Waals surface area contributed by atoms with Crippen LogP contribution >= 0.6 is 28.1 Å². The Bertz CT molecular complexity index is 795. The minimum absolute atomic E-state index is 0.0611. The van der Waals surface area contributed by atoms with Gasteiger partial charge in [-0.2, -0.15) is 0 Å². The molecule has 0 saturated carbocycles. The first-order chi connectivity index (χ1) is 11.9. The van der Waals surface area contributed by atoms with Crippen molar-refractivity contribution in [3.8, 4) is 11.5 Å². The summed E-state index contributed by atoms with van der Waals surface area (Å²) < 4.78 is 12.5. The second-order valence-electron chi connectivity index (χ2n) is 6.60. The molecular formula is C19H21BrN2O2S. The van der Waals surface area contributed by atoms with Gasteiger partial charge in [0.1, 0.15) is 17.1 Å². The van der Waals surface area contributed by atoms with E-state index in [0.29, 0.717) is 5.11 Å². The predicted octanol–water partition coefficient (Wildman–Crippen LogP) is 5.05. The van der Waals surface area contributed by atoms with Gasteiger partial charge in [0, 0.05) is 16.5 Å². The molecule has 2 N–H and O–H groups in total. The van der Waals surface area contributed by atoms with Gasteiger partial charge < -0.3 is 20.1 Å². The van der Waals surface area contributed by atoms with Crippen molar-refractivity contribution >= 4 is 38.9 Å². The van der Waals surface area contributed by atoms with Crippen LogP contribution in [-0.4, -0.2) is 17.8 Å². The number of hydrogen-bond donors (Lipinski definition) is 2. The molecule has 0 unspecified atom stereocenters. The topological polar surface area (TPSA) is 42.5 Å². The Morgan fingerprint density at radius 3 is 2.80 bits per heavy atom. The smallest absolute Gasteiger partial charge is 0.171 e. The number of thiocarbonyl (C=S) groups is 1. The highest BCUT2D eigenvalue weighted by Crippen LogP contribution is 2.40.